The molecule has 1 aromatic carbocycles. The third kappa shape index (κ3) is 11.5. The van der Waals surface area contributed by atoms with Crippen LogP contribution in [0.1, 0.15) is 174 Å². The highest BCUT2D eigenvalue weighted by Crippen LogP contribution is 2.60. The van der Waals surface area contributed by atoms with Crippen LogP contribution in [0.25, 0.3) is 6.08 Å². The van der Waals surface area contributed by atoms with Crippen LogP contribution in [0.5, 0.6) is 0 Å². The molecule has 10 heteroatoms. The molecule has 8 atom stereocenters. The van der Waals surface area contributed by atoms with Gasteiger partial charge < -0.3 is 34.1 Å². The van der Waals surface area contributed by atoms with Crippen molar-refractivity contribution in [1.82, 2.24) is 5.32 Å². The Morgan fingerprint density at radius 2 is 1.73 bits per heavy atom. The van der Waals surface area contributed by atoms with Gasteiger partial charge in [0.1, 0.15) is 23.9 Å². The molecule has 0 spiro atoms. The fourth-order valence-electron chi connectivity index (χ4n) is 10.2. The number of amides is 1. The second-order valence-electron chi connectivity index (χ2n) is 20.1. The summed E-state index contributed by atoms with van der Waals surface area (Å²) in [6, 6.07) is 7.02. The van der Waals surface area contributed by atoms with Crippen molar-refractivity contribution < 1.29 is 43.2 Å². The zero-order valence-corrected chi connectivity index (χ0v) is 37.2. The maximum absolute atomic E-state index is 14.2. The second kappa shape index (κ2) is 18.9. The van der Waals surface area contributed by atoms with Crippen molar-refractivity contribution >= 4 is 23.9 Å². The number of carbonyl (C=O) groups excluding carboxylic acids is 3. The van der Waals surface area contributed by atoms with Gasteiger partial charge in [-0.2, -0.15) is 0 Å². The number of rotatable bonds is 17. The zero-order chi connectivity index (χ0) is 42.6. The summed E-state index contributed by atoms with van der Waals surface area (Å²) in [7, 11) is 0. The number of allylic oxidation sites excluding steroid dienone is 1. The molecule has 10 nitrogen and oxygen atoms in total. The standard InChI is InChI=1S/C49H73NO9/c1-9-11-13-23-49(24-14-12-10-2)56-40-29-35(44(53)50-36(31-51)19-21-42(52)58-46(3,4)5)28-39(43(40)59-49)55-45(54)34-17-15-16-32(27-34)26-33-18-20-41-48(8,57-41)25-22-38-37(33)30-47(38,6)7/h15-17,26-27,29,36-41,43,51H,9-14,18-25,28,30-31H2,1-8H3,(H,50,53)/t36-,37+,38+,39+,40+,41?,43-,48+/m0/s1. The van der Waals surface area contributed by atoms with E-state index in [9.17, 15) is 19.5 Å². The number of fused-ring (bicyclic) bond motifs is 3. The highest BCUT2D eigenvalue weighted by Gasteiger charge is 2.56. The van der Waals surface area contributed by atoms with Gasteiger partial charge in [0.25, 0.3) is 0 Å². The van der Waals surface area contributed by atoms with E-state index in [0.29, 0.717) is 47.3 Å². The predicted molar refractivity (Wildman–Crippen MR) is 228 cm³/mol. The van der Waals surface area contributed by atoms with E-state index in [1.54, 1.807) is 26.8 Å². The fraction of sp³-hybridized carbons (Fsp3) is 0.735. The molecule has 2 N–H and O–H groups in total. The lowest BCUT2D eigenvalue weighted by Gasteiger charge is -2.53. The monoisotopic (exact) mass is 820 g/mol. The maximum atomic E-state index is 14.2. The number of esters is 2. The smallest absolute Gasteiger partial charge is 0.338 e. The quantitative estimate of drug-likeness (QED) is 0.0896. The van der Waals surface area contributed by atoms with Crippen molar-refractivity contribution in [3.63, 3.8) is 0 Å². The minimum atomic E-state index is -0.840. The van der Waals surface area contributed by atoms with Gasteiger partial charge in [0.15, 0.2) is 5.79 Å². The third-order valence-electron chi connectivity index (χ3n) is 13.6. The molecule has 1 unspecified atom stereocenters. The normalized spacial score (nSPS) is 30.5. The number of hydrogen-bond acceptors (Lipinski definition) is 9. The molecule has 5 aliphatic rings. The lowest BCUT2D eigenvalue weighted by Crippen LogP contribution is -2.45. The van der Waals surface area contributed by atoms with Gasteiger partial charge in [-0.05, 0) is 120 Å². The van der Waals surface area contributed by atoms with Gasteiger partial charge in [0.2, 0.25) is 5.91 Å². The van der Waals surface area contributed by atoms with Gasteiger partial charge in [-0.25, -0.2) is 4.79 Å². The molecule has 2 heterocycles. The number of epoxide rings is 1. The van der Waals surface area contributed by atoms with Crippen LogP contribution in [0, 0.1) is 17.3 Å². The van der Waals surface area contributed by atoms with E-state index < -0.39 is 53.6 Å². The summed E-state index contributed by atoms with van der Waals surface area (Å²) in [5.41, 5.74) is 2.96. The fourth-order valence-corrected chi connectivity index (χ4v) is 10.2. The van der Waals surface area contributed by atoms with Crippen molar-refractivity contribution in [3.8, 4) is 0 Å². The summed E-state index contributed by atoms with van der Waals surface area (Å²) < 4.78 is 31.6. The minimum Gasteiger partial charge on any atom is -0.460 e. The molecular weight excluding hydrogens is 747 g/mol. The highest BCUT2D eigenvalue weighted by atomic mass is 16.8. The van der Waals surface area contributed by atoms with Crippen LogP contribution in [0.4, 0.5) is 0 Å². The van der Waals surface area contributed by atoms with Crippen molar-refractivity contribution in [3.05, 3.63) is 52.6 Å². The number of nitrogens with one attached hydrogen (secondary N) is 1. The van der Waals surface area contributed by atoms with E-state index >= 15 is 0 Å². The third-order valence-corrected chi connectivity index (χ3v) is 13.6. The average molecular weight is 820 g/mol. The molecule has 1 aromatic rings. The summed E-state index contributed by atoms with van der Waals surface area (Å²) >= 11 is 0. The first kappa shape index (κ1) is 45.5. The van der Waals surface area contributed by atoms with E-state index in [2.05, 4.69) is 52.1 Å². The molecule has 4 fully saturated rings. The summed E-state index contributed by atoms with van der Waals surface area (Å²) in [6.07, 6.45) is 15.8. The summed E-state index contributed by atoms with van der Waals surface area (Å²) in [5, 5.41) is 13.1. The first-order chi connectivity index (χ1) is 28.0. The molecule has 2 saturated carbocycles. The molecular formula is C49H73NO9. The van der Waals surface area contributed by atoms with Crippen LogP contribution in [0.2, 0.25) is 0 Å². The molecule has 59 heavy (non-hydrogen) atoms. The molecule has 0 bridgehead atoms. The van der Waals surface area contributed by atoms with Gasteiger partial charge >= 0.3 is 11.9 Å². The Bertz CT molecular complexity index is 1700. The van der Waals surface area contributed by atoms with Gasteiger partial charge in [-0.3, -0.25) is 9.59 Å². The Morgan fingerprint density at radius 3 is 2.39 bits per heavy atom. The Kier molecular flexibility index (Phi) is 14.6. The largest absolute Gasteiger partial charge is 0.460 e. The average Bonchev–Trinajstić information content (AvgIpc) is 3.65. The van der Waals surface area contributed by atoms with E-state index in [1.165, 1.54) is 18.4 Å². The Morgan fingerprint density at radius 1 is 1.00 bits per heavy atom. The van der Waals surface area contributed by atoms with Crippen LogP contribution in [-0.2, 0) is 33.3 Å². The molecule has 2 saturated heterocycles. The maximum Gasteiger partial charge on any atom is 0.338 e. The van der Waals surface area contributed by atoms with Crippen LogP contribution in [0.15, 0.2) is 41.5 Å². The second-order valence-corrected chi connectivity index (χ2v) is 20.1. The van der Waals surface area contributed by atoms with Crippen LogP contribution in [0.3, 0.4) is 0 Å². The first-order valence-electron chi connectivity index (χ1n) is 22.9. The lowest BCUT2D eigenvalue weighted by molar-refractivity contribution is -0.190. The Hall–Kier alpha value is -3.05. The number of carbonyl (C=O) groups is 3. The van der Waals surface area contributed by atoms with Gasteiger partial charge in [0.05, 0.1) is 29.9 Å². The molecule has 0 aromatic heterocycles. The Labute approximate surface area is 353 Å². The molecule has 3 aliphatic carbocycles. The summed E-state index contributed by atoms with van der Waals surface area (Å²) in [6.45, 7) is 16.5. The molecule has 328 valence electrons. The molecule has 1 amide bonds. The van der Waals surface area contributed by atoms with Gasteiger partial charge in [-0.15, -0.1) is 0 Å². The number of aliphatic hydroxyl groups excluding tert-OH is 1. The van der Waals surface area contributed by atoms with Crippen molar-refractivity contribution in [2.24, 2.45) is 17.3 Å². The SMILES string of the molecule is CCCCCC1(CCCCC)O[C@@H]2[C@@H](C=C(C(=O)N[C@H](CO)CCC(=O)OC(C)(C)C)C[C@H]2OC(=O)c2cccc(C=C3CCC4O[C@]4(C)CC[C@@H]4[C@@H]3CC4(C)C)c2)O1. The van der Waals surface area contributed by atoms with Crippen LogP contribution >= 0.6 is 0 Å². The number of unbranched alkanes of at least 4 members (excludes halogenated alkanes) is 4. The molecule has 2 aliphatic heterocycles. The first-order valence-corrected chi connectivity index (χ1v) is 22.9. The highest BCUT2D eigenvalue weighted by molar-refractivity contribution is 5.94. The van der Waals surface area contributed by atoms with E-state index in [1.807, 2.05) is 18.2 Å². The van der Waals surface area contributed by atoms with E-state index in [-0.39, 0.29) is 31.5 Å². The van der Waals surface area contributed by atoms with Gasteiger partial charge in [0, 0.05) is 31.3 Å². The number of benzene rings is 1. The summed E-state index contributed by atoms with van der Waals surface area (Å²) in [5.74, 6) is -0.958. The predicted octanol–water partition coefficient (Wildman–Crippen LogP) is 9.56. The Balaban J connectivity index is 1.21. The summed E-state index contributed by atoms with van der Waals surface area (Å²) in [4.78, 5) is 40.5. The van der Waals surface area contributed by atoms with Crippen molar-refractivity contribution in [2.45, 2.75) is 206 Å². The topological polar surface area (TPSA) is 133 Å². The number of hydrogen-bond donors (Lipinski definition) is 2. The molecule has 6 rings (SSSR count). The number of ether oxygens (including phenoxy) is 5. The zero-order valence-electron chi connectivity index (χ0n) is 37.2. The minimum absolute atomic E-state index is 0.0181. The number of aliphatic hydroxyl groups is 1. The van der Waals surface area contributed by atoms with Crippen LogP contribution < -0.4 is 5.32 Å². The lowest BCUT2D eigenvalue weighted by atomic mass is 9.52. The van der Waals surface area contributed by atoms with Crippen LogP contribution in [-0.4, -0.2) is 77.0 Å². The van der Waals surface area contributed by atoms with Gasteiger partial charge in [-0.1, -0.05) is 77.2 Å². The molecule has 0 radical (unpaired) electrons. The van der Waals surface area contributed by atoms with Crippen molar-refractivity contribution in [1.29, 1.82) is 0 Å². The van der Waals surface area contributed by atoms with E-state index in [4.69, 9.17) is 23.7 Å². The van der Waals surface area contributed by atoms with E-state index in [0.717, 1.165) is 63.4 Å². The van der Waals surface area contributed by atoms with Crippen molar-refractivity contribution in [2.75, 3.05) is 6.61 Å².